The van der Waals surface area contributed by atoms with Gasteiger partial charge in [0.1, 0.15) is 28.8 Å². The maximum absolute atomic E-state index is 14.5. The Kier molecular flexibility index (Phi) is 6.41. The first-order valence-electron chi connectivity index (χ1n) is 10.8. The van der Waals surface area contributed by atoms with Crippen molar-refractivity contribution in [2.24, 2.45) is 4.99 Å². The van der Waals surface area contributed by atoms with Crippen LogP contribution in [0, 0.1) is 11.6 Å². The molecule has 0 radical (unpaired) electrons. The first kappa shape index (κ1) is 22.6. The standard InChI is InChI=1S/C28H20F2N2O2S/c1-33-21-14-11-19(12-15-21)26-18-35-28(31-24-17-20(29)13-16-23(24)30)32(26)25-9-5-6-10-27(25)34-22-7-3-2-4-8-22/h2-18H,1H3. The predicted octanol–water partition coefficient (Wildman–Crippen LogP) is 7.52. The lowest BCUT2D eigenvalue weighted by Gasteiger charge is -2.15. The summed E-state index contributed by atoms with van der Waals surface area (Å²) in [4.78, 5) is 4.95. The molecule has 35 heavy (non-hydrogen) atoms. The molecule has 0 N–H and O–H groups in total. The van der Waals surface area contributed by atoms with Crippen LogP contribution in [-0.2, 0) is 0 Å². The lowest BCUT2D eigenvalue weighted by Crippen LogP contribution is -2.14. The second-order valence-electron chi connectivity index (χ2n) is 7.56. The highest BCUT2D eigenvalue weighted by Gasteiger charge is 2.16. The molecule has 0 aliphatic carbocycles. The van der Waals surface area contributed by atoms with Crippen molar-refractivity contribution in [2.45, 2.75) is 0 Å². The fraction of sp³-hybridized carbons (Fsp3) is 0.0357. The van der Waals surface area contributed by atoms with Crippen molar-refractivity contribution in [3.8, 4) is 34.2 Å². The van der Waals surface area contributed by atoms with E-state index in [9.17, 15) is 8.78 Å². The third-order valence-corrected chi connectivity index (χ3v) is 6.12. The minimum absolute atomic E-state index is 0.0802. The summed E-state index contributed by atoms with van der Waals surface area (Å²) in [6.07, 6.45) is 0. The van der Waals surface area contributed by atoms with Crippen LogP contribution in [0.2, 0.25) is 0 Å². The molecule has 4 nitrogen and oxygen atoms in total. The Bertz CT molecular complexity index is 1530. The van der Waals surface area contributed by atoms with Gasteiger partial charge in [-0.05, 0) is 66.2 Å². The number of hydrogen-bond donors (Lipinski definition) is 0. The van der Waals surface area contributed by atoms with Gasteiger partial charge in [0.2, 0.25) is 0 Å². The van der Waals surface area contributed by atoms with Gasteiger partial charge in [0.05, 0.1) is 18.5 Å². The lowest BCUT2D eigenvalue weighted by atomic mass is 10.1. The summed E-state index contributed by atoms with van der Waals surface area (Å²) < 4.78 is 41.7. The molecule has 0 spiro atoms. The number of benzene rings is 4. The van der Waals surface area contributed by atoms with E-state index in [4.69, 9.17) is 9.47 Å². The SMILES string of the molecule is COc1ccc(-c2csc(=Nc3cc(F)ccc3F)n2-c2ccccc2Oc2ccccc2)cc1. The molecule has 0 atom stereocenters. The van der Waals surface area contributed by atoms with Gasteiger partial charge in [0.15, 0.2) is 10.6 Å². The highest BCUT2D eigenvalue weighted by Crippen LogP contribution is 2.32. The van der Waals surface area contributed by atoms with Crippen molar-refractivity contribution in [1.29, 1.82) is 0 Å². The number of para-hydroxylation sites is 3. The van der Waals surface area contributed by atoms with Crippen molar-refractivity contribution in [3.63, 3.8) is 0 Å². The summed E-state index contributed by atoms with van der Waals surface area (Å²) in [5.41, 5.74) is 2.34. The van der Waals surface area contributed by atoms with Gasteiger partial charge in [-0.2, -0.15) is 0 Å². The zero-order valence-electron chi connectivity index (χ0n) is 18.7. The van der Waals surface area contributed by atoms with Crippen molar-refractivity contribution in [1.82, 2.24) is 4.57 Å². The number of thiazole rings is 1. The highest BCUT2D eigenvalue weighted by molar-refractivity contribution is 7.07. The van der Waals surface area contributed by atoms with Crippen LogP contribution >= 0.6 is 11.3 Å². The summed E-state index contributed by atoms with van der Waals surface area (Å²) in [5, 5.41) is 1.93. The molecule has 0 aliphatic rings. The molecule has 5 aromatic rings. The second-order valence-corrected chi connectivity index (χ2v) is 8.39. The van der Waals surface area contributed by atoms with Crippen LogP contribution in [0.5, 0.6) is 17.2 Å². The maximum atomic E-state index is 14.5. The van der Waals surface area contributed by atoms with Gasteiger partial charge >= 0.3 is 0 Å². The number of methoxy groups -OCH3 is 1. The summed E-state index contributed by atoms with van der Waals surface area (Å²) in [7, 11) is 1.61. The Balaban J connectivity index is 1.73. The van der Waals surface area contributed by atoms with Gasteiger partial charge < -0.3 is 9.47 Å². The Labute approximate surface area is 205 Å². The van der Waals surface area contributed by atoms with Gasteiger partial charge in [-0.3, -0.25) is 4.57 Å². The molecule has 0 saturated heterocycles. The topological polar surface area (TPSA) is 35.8 Å². The minimum atomic E-state index is -0.605. The predicted molar refractivity (Wildman–Crippen MR) is 134 cm³/mol. The van der Waals surface area contributed by atoms with Gasteiger partial charge in [-0.25, -0.2) is 13.8 Å². The molecule has 0 fully saturated rings. The average Bonchev–Trinajstić information content (AvgIpc) is 3.30. The second kappa shape index (κ2) is 9.95. The Morgan fingerprint density at radius 2 is 1.54 bits per heavy atom. The molecule has 7 heteroatoms. The average molecular weight is 487 g/mol. The largest absolute Gasteiger partial charge is 0.497 e. The molecule has 1 aromatic heterocycles. The minimum Gasteiger partial charge on any atom is -0.497 e. The Morgan fingerprint density at radius 3 is 2.31 bits per heavy atom. The normalized spacial score (nSPS) is 11.5. The molecule has 174 valence electrons. The van der Waals surface area contributed by atoms with Crippen LogP contribution < -0.4 is 14.3 Å². The van der Waals surface area contributed by atoms with E-state index in [1.54, 1.807) is 7.11 Å². The zero-order chi connectivity index (χ0) is 24.2. The van der Waals surface area contributed by atoms with Crippen molar-refractivity contribution in [2.75, 3.05) is 7.11 Å². The van der Waals surface area contributed by atoms with E-state index in [1.807, 2.05) is 88.8 Å². The van der Waals surface area contributed by atoms with Crippen molar-refractivity contribution in [3.05, 3.63) is 119 Å². The van der Waals surface area contributed by atoms with E-state index < -0.39 is 11.6 Å². The summed E-state index contributed by atoms with van der Waals surface area (Å²) in [5.74, 6) is 0.835. The van der Waals surface area contributed by atoms with Gasteiger partial charge in [-0.15, -0.1) is 11.3 Å². The summed E-state index contributed by atoms with van der Waals surface area (Å²) >= 11 is 1.32. The summed E-state index contributed by atoms with van der Waals surface area (Å²) in [6, 6.07) is 27.8. The number of ether oxygens (including phenoxy) is 2. The van der Waals surface area contributed by atoms with Crippen molar-refractivity contribution >= 4 is 17.0 Å². The lowest BCUT2D eigenvalue weighted by molar-refractivity contribution is 0.415. The molecule has 0 aliphatic heterocycles. The number of hydrogen-bond acceptors (Lipinski definition) is 4. The molecule has 0 amide bonds. The smallest absolute Gasteiger partial charge is 0.195 e. The van der Waals surface area contributed by atoms with Crippen LogP contribution in [0.25, 0.3) is 16.9 Å². The van der Waals surface area contributed by atoms with Crippen molar-refractivity contribution < 1.29 is 18.3 Å². The van der Waals surface area contributed by atoms with E-state index in [1.165, 1.54) is 11.3 Å². The van der Waals surface area contributed by atoms with Gasteiger partial charge in [-0.1, -0.05) is 30.3 Å². The number of aromatic nitrogens is 1. The van der Waals surface area contributed by atoms with Crippen LogP contribution in [0.15, 0.2) is 107 Å². The third-order valence-electron chi connectivity index (χ3n) is 5.30. The number of halogens is 2. The van der Waals surface area contributed by atoms with Crippen LogP contribution in [0.4, 0.5) is 14.5 Å². The first-order valence-corrected chi connectivity index (χ1v) is 11.7. The van der Waals surface area contributed by atoms with E-state index in [0.717, 1.165) is 35.2 Å². The molecule has 4 aromatic carbocycles. The molecular formula is C28H20F2N2O2S. The van der Waals surface area contributed by atoms with E-state index in [0.29, 0.717) is 22.0 Å². The molecule has 0 unspecified atom stereocenters. The number of nitrogens with zero attached hydrogens (tertiary/aromatic N) is 2. The van der Waals surface area contributed by atoms with E-state index in [-0.39, 0.29) is 5.69 Å². The summed E-state index contributed by atoms with van der Waals surface area (Å²) in [6.45, 7) is 0. The van der Waals surface area contributed by atoms with Gasteiger partial charge in [0, 0.05) is 11.4 Å². The molecule has 1 heterocycles. The first-order chi connectivity index (χ1) is 17.1. The highest BCUT2D eigenvalue weighted by atomic mass is 32.1. The molecule has 5 rings (SSSR count). The molecule has 0 saturated carbocycles. The zero-order valence-corrected chi connectivity index (χ0v) is 19.5. The number of rotatable bonds is 6. The van der Waals surface area contributed by atoms with Crippen LogP contribution in [-0.4, -0.2) is 11.7 Å². The fourth-order valence-electron chi connectivity index (χ4n) is 3.60. The monoisotopic (exact) mass is 486 g/mol. The fourth-order valence-corrected chi connectivity index (χ4v) is 4.51. The Morgan fingerprint density at radius 1 is 0.800 bits per heavy atom. The van der Waals surface area contributed by atoms with E-state index in [2.05, 4.69) is 4.99 Å². The van der Waals surface area contributed by atoms with Gasteiger partial charge in [0.25, 0.3) is 0 Å². The Hall–Kier alpha value is -4.23. The quantitative estimate of drug-likeness (QED) is 0.249. The maximum Gasteiger partial charge on any atom is 0.195 e. The molecular weight excluding hydrogens is 466 g/mol. The van der Waals surface area contributed by atoms with Crippen LogP contribution in [0.1, 0.15) is 0 Å². The third kappa shape index (κ3) is 4.85. The molecule has 0 bridgehead atoms. The van der Waals surface area contributed by atoms with Crippen LogP contribution in [0.3, 0.4) is 0 Å². The van der Waals surface area contributed by atoms with E-state index >= 15 is 0 Å².